The van der Waals surface area contributed by atoms with Gasteiger partial charge in [0.15, 0.2) is 11.5 Å². The third-order valence-electron chi connectivity index (χ3n) is 4.81. The van der Waals surface area contributed by atoms with Crippen LogP contribution >= 0.6 is 11.6 Å². The zero-order valence-electron chi connectivity index (χ0n) is 17.0. The Morgan fingerprint density at radius 3 is 2.14 bits per heavy atom. The molecule has 2 amide bonds. The number of rotatable bonds is 7. The van der Waals surface area contributed by atoms with Gasteiger partial charge >= 0.3 is 0 Å². The number of fused-ring (bicyclic) bond motifs is 1. The van der Waals surface area contributed by atoms with Crippen molar-refractivity contribution in [2.45, 2.75) is 13.8 Å². The SMILES string of the molecule is CC(C)CNC(=O)CN1CCN(CC(=O)Nc2cc3c(cc2Cl)OCCO3)CC1. The normalized spacial score (nSPS) is 17.2. The van der Waals surface area contributed by atoms with E-state index in [-0.39, 0.29) is 18.4 Å². The van der Waals surface area contributed by atoms with Crippen LogP contribution in [-0.4, -0.2) is 80.6 Å². The average Bonchev–Trinajstić information content (AvgIpc) is 2.68. The quantitative estimate of drug-likeness (QED) is 0.689. The van der Waals surface area contributed by atoms with Crippen LogP contribution in [0.5, 0.6) is 11.5 Å². The fraction of sp³-hybridized carbons (Fsp3) is 0.600. The molecule has 0 atom stereocenters. The van der Waals surface area contributed by atoms with Gasteiger partial charge in [-0.05, 0) is 5.92 Å². The van der Waals surface area contributed by atoms with Gasteiger partial charge in [-0.15, -0.1) is 0 Å². The van der Waals surface area contributed by atoms with Crippen molar-refractivity contribution < 1.29 is 19.1 Å². The molecule has 0 unspecified atom stereocenters. The second kappa shape index (κ2) is 10.1. The molecule has 0 aliphatic carbocycles. The van der Waals surface area contributed by atoms with Crippen molar-refractivity contribution in [1.82, 2.24) is 15.1 Å². The van der Waals surface area contributed by atoms with Gasteiger partial charge in [-0.2, -0.15) is 0 Å². The first-order valence-electron chi connectivity index (χ1n) is 10.0. The number of benzene rings is 1. The average molecular weight is 425 g/mol. The van der Waals surface area contributed by atoms with Gasteiger partial charge in [-0.25, -0.2) is 0 Å². The predicted octanol–water partition coefficient (Wildman–Crippen LogP) is 1.44. The molecule has 0 aromatic heterocycles. The Kier molecular flexibility index (Phi) is 7.57. The molecule has 1 fully saturated rings. The Morgan fingerprint density at radius 2 is 1.55 bits per heavy atom. The number of carbonyl (C=O) groups excluding carboxylic acids is 2. The van der Waals surface area contributed by atoms with Crippen LogP contribution in [0.15, 0.2) is 12.1 Å². The summed E-state index contributed by atoms with van der Waals surface area (Å²) in [4.78, 5) is 28.6. The molecule has 8 nitrogen and oxygen atoms in total. The summed E-state index contributed by atoms with van der Waals surface area (Å²) in [6.07, 6.45) is 0. The maximum Gasteiger partial charge on any atom is 0.238 e. The number of piperazine rings is 1. The number of carbonyl (C=O) groups is 2. The van der Waals surface area contributed by atoms with Crippen molar-refractivity contribution in [3.8, 4) is 11.5 Å². The largest absolute Gasteiger partial charge is 0.486 e. The molecule has 29 heavy (non-hydrogen) atoms. The fourth-order valence-corrected chi connectivity index (χ4v) is 3.44. The van der Waals surface area contributed by atoms with Crippen molar-refractivity contribution in [2.75, 3.05) is 64.3 Å². The van der Waals surface area contributed by atoms with E-state index < -0.39 is 0 Å². The minimum Gasteiger partial charge on any atom is -0.486 e. The van der Waals surface area contributed by atoms with Gasteiger partial charge in [0, 0.05) is 44.9 Å². The van der Waals surface area contributed by atoms with Gasteiger partial charge in [0.1, 0.15) is 13.2 Å². The van der Waals surface area contributed by atoms with E-state index in [9.17, 15) is 9.59 Å². The highest BCUT2D eigenvalue weighted by atomic mass is 35.5. The molecule has 2 heterocycles. The van der Waals surface area contributed by atoms with Crippen molar-refractivity contribution in [3.63, 3.8) is 0 Å². The highest BCUT2D eigenvalue weighted by molar-refractivity contribution is 6.34. The van der Waals surface area contributed by atoms with Crippen LogP contribution in [0.2, 0.25) is 5.02 Å². The van der Waals surface area contributed by atoms with E-state index in [2.05, 4.69) is 34.3 Å². The van der Waals surface area contributed by atoms with Gasteiger partial charge in [-0.1, -0.05) is 25.4 Å². The van der Waals surface area contributed by atoms with Crippen LogP contribution in [0, 0.1) is 5.92 Å². The maximum atomic E-state index is 12.4. The predicted molar refractivity (Wildman–Crippen MR) is 112 cm³/mol. The van der Waals surface area contributed by atoms with Gasteiger partial charge in [0.05, 0.1) is 23.8 Å². The molecule has 0 spiro atoms. The van der Waals surface area contributed by atoms with E-state index in [1.165, 1.54) is 0 Å². The number of anilines is 1. The van der Waals surface area contributed by atoms with Gasteiger partial charge in [0.2, 0.25) is 11.8 Å². The Labute approximate surface area is 176 Å². The van der Waals surface area contributed by atoms with Crippen LogP contribution < -0.4 is 20.1 Å². The Hall–Kier alpha value is -2.03. The van der Waals surface area contributed by atoms with Crippen molar-refractivity contribution in [3.05, 3.63) is 17.2 Å². The summed E-state index contributed by atoms with van der Waals surface area (Å²) in [5.41, 5.74) is 0.515. The summed E-state index contributed by atoms with van der Waals surface area (Å²) >= 11 is 6.25. The van der Waals surface area contributed by atoms with Crippen molar-refractivity contribution in [2.24, 2.45) is 5.92 Å². The molecule has 160 valence electrons. The molecule has 1 aromatic rings. The highest BCUT2D eigenvalue weighted by Crippen LogP contribution is 2.37. The maximum absolute atomic E-state index is 12.4. The van der Waals surface area contributed by atoms with Crippen LogP contribution in [0.25, 0.3) is 0 Å². The lowest BCUT2D eigenvalue weighted by Crippen LogP contribution is -2.51. The van der Waals surface area contributed by atoms with E-state index in [0.717, 1.165) is 26.2 Å². The lowest BCUT2D eigenvalue weighted by Gasteiger charge is -2.33. The molecule has 2 aliphatic rings. The number of hydrogen-bond donors (Lipinski definition) is 2. The molecule has 2 N–H and O–H groups in total. The second-order valence-electron chi connectivity index (χ2n) is 7.77. The zero-order valence-corrected chi connectivity index (χ0v) is 17.8. The molecule has 9 heteroatoms. The molecule has 0 radical (unpaired) electrons. The van der Waals surface area contributed by atoms with Crippen LogP contribution in [0.3, 0.4) is 0 Å². The first-order valence-corrected chi connectivity index (χ1v) is 10.4. The lowest BCUT2D eigenvalue weighted by molar-refractivity contribution is -0.123. The minimum atomic E-state index is -0.133. The number of amides is 2. The van der Waals surface area contributed by atoms with Crippen molar-refractivity contribution in [1.29, 1.82) is 0 Å². The van der Waals surface area contributed by atoms with Crippen LogP contribution in [0.1, 0.15) is 13.8 Å². The summed E-state index contributed by atoms with van der Waals surface area (Å²) < 4.78 is 11.0. The Balaban J connectivity index is 1.43. The number of nitrogens with one attached hydrogen (secondary N) is 2. The summed E-state index contributed by atoms with van der Waals surface area (Å²) in [5.74, 6) is 1.54. The minimum absolute atomic E-state index is 0.0538. The molecule has 1 aromatic carbocycles. The number of hydrogen-bond acceptors (Lipinski definition) is 6. The van der Waals surface area contributed by atoms with E-state index in [1.54, 1.807) is 12.1 Å². The standard InChI is InChI=1S/C20H29ClN4O4/c1-14(2)11-22-19(26)12-24-3-5-25(6-4-24)13-20(27)23-16-10-18-17(9-15(16)21)28-7-8-29-18/h9-10,14H,3-8,11-13H2,1-2H3,(H,22,26)(H,23,27). The topological polar surface area (TPSA) is 83.1 Å². The molecule has 2 aliphatic heterocycles. The molecule has 3 rings (SSSR count). The second-order valence-corrected chi connectivity index (χ2v) is 8.18. The first-order chi connectivity index (χ1) is 13.9. The first kappa shape index (κ1) is 21.7. The highest BCUT2D eigenvalue weighted by Gasteiger charge is 2.22. The summed E-state index contributed by atoms with van der Waals surface area (Å²) in [7, 11) is 0. The number of ether oxygens (including phenoxy) is 2. The Bertz CT molecular complexity index is 735. The molecule has 1 saturated heterocycles. The van der Waals surface area contributed by atoms with Gasteiger partial charge in [0.25, 0.3) is 0 Å². The Morgan fingerprint density at radius 1 is 1.00 bits per heavy atom. The third kappa shape index (κ3) is 6.48. The van der Waals surface area contributed by atoms with E-state index >= 15 is 0 Å². The molecule has 0 saturated carbocycles. The summed E-state index contributed by atoms with van der Waals surface area (Å²) in [6, 6.07) is 3.36. The van der Waals surface area contributed by atoms with Crippen molar-refractivity contribution >= 4 is 29.1 Å². The van der Waals surface area contributed by atoms with Crippen LogP contribution in [0.4, 0.5) is 5.69 Å². The molecule has 0 bridgehead atoms. The molecular formula is C20H29ClN4O4. The third-order valence-corrected chi connectivity index (χ3v) is 5.13. The van der Waals surface area contributed by atoms with E-state index in [0.29, 0.717) is 54.4 Å². The molecular weight excluding hydrogens is 396 g/mol. The number of nitrogens with zero attached hydrogens (tertiary/aromatic N) is 2. The van der Waals surface area contributed by atoms with E-state index in [4.69, 9.17) is 21.1 Å². The summed E-state index contributed by atoms with van der Waals surface area (Å²) in [5, 5.41) is 6.21. The lowest BCUT2D eigenvalue weighted by atomic mass is 10.2. The summed E-state index contributed by atoms with van der Waals surface area (Å²) in [6.45, 7) is 9.46. The monoisotopic (exact) mass is 424 g/mol. The number of halogens is 1. The smallest absolute Gasteiger partial charge is 0.238 e. The van der Waals surface area contributed by atoms with Gasteiger partial charge < -0.3 is 20.1 Å². The van der Waals surface area contributed by atoms with E-state index in [1.807, 2.05) is 0 Å². The zero-order chi connectivity index (χ0) is 20.8. The van der Waals surface area contributed by atoms with Crippen LogP contribution in [-0.2, 0) is 9.59 Å². The van der Waals surface area contributed by atoms with Gasteiger partial charge in [-0.3, -0.25) is 19.4 Å². The fourth-order valence-electron chi connectivity index (χ4n) is 3.24.